The van der Waals surface area contributed by atoms with E-state index in [1.165, 1.54) is 141 Å². The summed E-state index contributed by atoms with van der Waals surface area (Å²) in [5, 5.41) is 0.555. The molecular weight excluding hydrogens is 576 g/mol. The lowest BCUT2D eigenvalue weighted by Gasteiger charge is -2.20. The van der Waals surface area contributed by atoms with Crippen molar-refractivity contribution in [2.45, 2.75) is 219 Å². The van der Waals surface area contributed by atoms with Crippen LogP contribution in [0.25, 0.3) is 0 Å². The van der Waals surface area contributed by atoms with Crippen LogP contribution in [0.3, 0.4) is 0 Å². The van der Waals surface area contributed by atoms with Gasteiger partial charge in [-0.25, -0.2) is 5.84 Å². The van der Waals surface area contributed by atoms with Gasteiger partial charge in [-0.05, 0) is 12.8 Å². The highest BCUT2D eigenvalue weighted by atomic mass is 16.2. The van der Waals surface area contributed by atoms with E-state index >= 15 is 0 Å². The van der Waals surface area contributed by atoms with E-state index in [1.54, 1.807) is 5.43 Å². The summed E-state index contributed by atoms with van der Waals surface area (Å²) < 4.78 is 0. The number of nitrogens with two attached hydrogens (primary N) is 1. The molecule has 270 valence electrons. The molecule has 0 bridgehead atoms. The lowest BCUT2D eigenvalue weighted by atomic mass is 10.0. The molecule has 46 heavy (non-hydrogen) atoms. The Labute approximate surface area is 283 Å². The fourth-order valence-corrected chi connectivity index (χ4v) is 5.99. The van der Waals surface area contributed by atoms with Gasteiger partial charge in [0.05, 0.1) is 0 Å². The van der Waals surface area contributed by atoms with Gasteiger partial charge in [0.25, 0.3) is 0 Å². The summed E-state index contributed by atoms with van der Waals surface area (Å²) in [6, 6.07) is 0. The topological polar surface area (TPSA) is 122 Å². The number of hydrogen-bond donors (Lipinski definition) is 3. The predicted molar refractivity (Wildman–Crippen MR) is 191 cm³/mol. The second-order valence-corrected chi connectivity index (χ2v) is 13.4. The molecule has 0 heterocycles. The van der Waals surface area contributed by atoms with Crippen molar-refractivity contribution in [2.24, 2.45) is 5.84 Å². The minimum absolute atomic E-state index is 0.0983. The molecule has 0 rings (SSSR count). The minimum Gasteiger partial charge on any atom is -0.286 e. The molecular formula is C38H74N4O4. The van der Waals surface area contributed by atoms with E-state index in [1.807, 2.05) is 0 Å². The van der Waals surface area contributed by atoms with Crippen molar-refractivity contribution in [1.82, 2.24) is 15.9 Å². The number of imide groups is 1. The SMILES string of the molecule is CCCCCCCCCCCCCCCCCC(=O)NN(C(=O)CCCCCCCCCCCCCCCCC)C(=O)C(=O)NN. The van der Waals surface area contributed by atoms with Crippen LogP contribution in [0.4, 0.5) is 0 Å². The van der Waals surface area contributed by atoms with E-state index in [-0.39, 0.29) is 12.8 Å². The van der Waals surface area contributed by atoms with E-state index in [0.717, 1.165) is 38.5 Å². The molecule has 4 N–H and O–H groups in total. The van der Waals surface area contributed by atoms with E-state index < -0.39 is 23.6 Å². The van der Waals surface area contributed by atoms with Crippen LogP contribution in [-0.4, -0.2) is 28.6 Å². The van der Waals surface area contributed by atoms with Gasteiger partial charge in [-0.1, -0.05) is 194 Å². The highest BCUT2D eigenvalue weighted by Crippen LogP contribution is 2.15. The molecule has 0 fully saturated rings. The number of nitrogens with zero attached hydrogens (tertiary/aromatic N) is 1. The molecule has 0 atom stereocenters. The van der Waals surface area contributed by atoms with Crippen molar-refractivity contribution in [2.75, 3.05) is 0 Å². The Bertz CT molecular complexity index is 746. The van der Waals surface area contributed by atoms with E-state index in [9.17, 15) is 19.2 Å². The predicted octanol–water partition coefficient (Wildman–Crippen LogP) is 9.89. The second-order valence-electron chi connectivity index (χ2n) is 13.4. The Balaban J connectivity index is 3.97. The van der Waals surface area contributed by atoms with Crippen molar-refractivity contribution in [3.8, 4) is 0 Å². The van der Waals surface area contributed by atoms with Gasteiger partial charge in [-0.3, -0.25) is 30.0 Å². The van der Waals surface area contributed by atoms with Gasteiger partial charge in [0, 0.05) is 12.8 Å². The number of nitrogens with one attached hydrogen (secondary N) is 2. The average molecular weight is 651 g/mol. The first-order valence-electron chi connectivity index (χ1n) is 19.6. The number of rotatable bonds is 32. The molecule has 0 aromatic rings. The molecule has 0 aliphatic carbocycles. The van der Waals surface area contributed by atoms with Gasteiger partial charge < -0.3 is 0 Å². The fraction of sp³-hybridized carbons (Fsp3) is 0.895. The zero-order valence-electron chi connectivity index (χ0n) is 30.3. The minimum atomic E-state index is -1.15. The molecule has 8 heteroatoms. The third kappa shape index (κ3) is 28.3. The number of amides is 4. The summed E-state index contributed by atoms with van der Waals surface area (Å²) in [5.41, 5.74) is 4.12. The molecule has 0 unspecified atom stereocenters. The molecule has 8 nitrogen and oxygen atoms in total. The lowest BCUT2D eigenvalue weighted by Crippen LogP contribution is -2.55. The first-order chi connectivity index (χ1) is 22.5. The smallest absolute Gasteiger partial charge is 0.286 e. The summed E-state index contributed by atoms with van der Waals surface area (Å²) in [4.78, 5) is 49.5. The van der Waals surface area contributed by atoms with Crippen LogP contribution in [0.5, 0.6) is 0 Å². The lowest BCUT2D eigenvalue weighted by molar-refractivity contribution is -0.158. The summed E-state index contributed by atoms with van der Waals surface area (Å²) in [6.07, 6.45) is 37.2. The van der Waals surface area contributed by atoms with Gasteiger partial charge in [0.1, 0.15) is 0 Å². The Morgan fingerprint density at radius 2 is 0.717 bits per heavy atom. The Morgan fingerprint density at radius 3 is 1.02 bits per heavy atom. The first kappa shape index (κ1) is 44.0. The molecule has 0 radical (unpaired) electrons. The number of unbranched alkanes of at least 4 members (excludes halogenated alkanes) is 28. The molecule has 0 spiro atoms. The fourth-order valence-electron chi connectivity index (χ4n) is 5.99. The van der Waals surface area contributed by atoms with Gasteiger partial charge >= 0.3 is 11.8 Å². The van der Waals surface area contributed by atoms with Crippen molar-refractivity contribution in [1.29, 1.82) is 0 Å². The zero-order valence-corrected chi connectivity index (χ0v) is 30.3. The van der Waals surface area contributed by atoms with Crippen LogP contribution in [0.15, 0.2) is 0 Å². The number of hydrogen-bond acceptors (Lipinski definition) is 5. The monoisotopic (exact) mass is 651 g/mol. The highest BCUT2D eigenvalue weighted by Gasteiger charge is 2.28. The standard InChI is InChI=1S/C38H74N4O4/c1-3-5-7-9-11-13-15-17-19-21-23-25-27-29-31-33-35(43)41-42(38(46)37(45)40-39)36(44)34-32-30-28-26-24-22-20-18-16-14-12-10-8-6-4-2/h3-34,39H2,1-2H3,(H,40,45)(H,41,43). The van der Waals surface area contributed by atoms with Crippen LogP contribution in [0.2, 0.25) is 0 Å². The Morgan fingerprint density at radius 1 is 0.435 bits per heavy atom. The van der Waals surface area contributed by atoms with Gasteiger partial charge in [-0.2, -0.15) is 5.01 Å². The van der Waals surface area contributed by atoms with Crippen LogP contribution >= 0.6 is 0 Å². The summed E-state index contributed by atoms with van der Waals surface area (Å²) in [5.74, 6) is 1.81. The summed E-state index contributed by atoms with van der Waals surface area (Å²) >= 11 is 0. The maximum Gasteiger partial charge on any atom is 0.338 e. The molecule has 0 aliphatic heterocycles. The third-order valence-electron chi connectivity index (χ3n) is 9.02. The summed E-state index contributed by atoms with van der Waals surface area (Å²) in [6.45, 7) is 4.51. The van der Waals surface area contributed by atoms with Gasteiger partial charge in [0.2, 0.25) is 11.8 Å². The van der Waals surface area contributed by atoms with Crippen molar-refractivity contribution in [3.05, 3.63) is 0 Å². The molecule has 0 aromatic carbocycles. The summed E-state index contributed by atoms with van der Waals surface area (Å²) in [7, 11) is 0. The quantitative estimate of drug-likeness (QED) is 0.0220. The third-order valence-corrected chi connectivity index (χ3v) is 9.02. The molecule has 0 saturated carbocycles. The molecule has 4 amide bonds. The number of carbonyl (C=O) groups is 4. The van der Waals surface area contributed by atoms with Crippen LogP contribution < -0.4 is 16.7 Å². The Hall–Kier alpha value is -1.96. The number of hydrazine groups is 2. The second kappa shape index (κ2) is 34.4. The van der Waals surface area contributed by atoms with Gasteiger partial charge in [-0.15, -0.1) is 0 Å². The zero-order chi connectivity index (χ0) is 33.9. The van der Waals surface area contributed by atoms with Crippen molar-refractivity contribution < 1.29 is 19.2 Å². The van der Waals surface area contributed by atoms with Crippen LogP contribution in [0.1, 0.15) is 219 Å². The van der Waals surface area contributed by atoms with Crippen LogP contribution in [0, 0.1) is 0 Å². The molecule has 0 aliphatic rings. The molecule has 0 aromatic heterocycles. The average Bonchev–Trinajstić information content (AvgIpc) is 3.06. The Kier molecular flexibility index (Phi) is 32.9. The number of carbonyl (C=O) groups excluding carboxylic acids is 4. The van der Waals surface area contributed by atoms with Crippen LogP contribution in [-0.2, 0) is 19.2 Å². The normalized spacial score (nSPS) is 11.0. The van der Waals surface area contributed by atoms with E-state index in [2.05, 4.69) is 19.3 Å². The molecule has 0 saturated heterocycles. The maximum atomic E-state index is 12.8. The van der Waals surface area contributed by atoms with Gasteiger partial charge in [0.15, 0.2) is 0 Å². The van der Waals surface area contributed by atoms with Crippen molar-refractivity contribution >= 4 is 23.6 Å². The first-order valence-corrected chi connectivity index (χ1v) is 19.6. The van der Waals surface area contributed by atoms with E-state index in [4.69, 9.17) is 5.84 Å². The highest BCUT2D eigenvalue weighted by molar-refractivity contribution is 6.37. The van der Waals surface area contributed by atoms with Crippen molar-refractivity contribution in [3.63, 3.8) is 0 Å². The van der Waals surface area contributed by atoms with E-state index in [0.29, 0.717) is 17.9 Å². The maximum absolute atomic E-state index is 12.8. The largest absolute Gasteiger partial charge is 0.338 e.